The van der Waals surface area contributed by atoms with Gasteiger partial charge in [0.1, 0.15) is 23.2 Å². The zero-order valence-electron chi connectivity index (χ0n) is 14.2. The van der Waals surface area contributed by atoms with Crippen molar-refractivity contribution >= 4 is 5.82 Å². The van der Waals surface area contributed by atoms with Gasteiger partial charge in [-0.2, -0.15) is 5.26 Å². The van der Waals surface area contributed by atoms with Crippen LogP contribution in [0.3, 0.4) is 0 Å². The van der Waals surface area contributed by atoms with Crippen LogP contribution in [-0.4, -0.2) is 11.3 Å². The third-order valence-corrected chi connectivity index (χ3v) is 3.87. The van der Waals surface area contributed by atoms with Gasteiger partial charge in [0.05, 0.1) is 5.69 Å². The first-order chi connectivity index (χ1) is 12.8. The molecule has 27 heavy (non-hydrogen) atoms. The molecule has 3 aromatic rings. The van der Waals surface area contributed by atoms with E-state index >= 15 is 0 Å². The van der Waals surface area contributed by atoms with Gasteiger partial charge in [-0.15, -0.1) is 13.2 Å². The molecule has 0 aliphatic rings. The SMILES string of the molecule is Cc1cccc(-c2cc(-c3ccc(OC(F)(F)F)cc3)c(C#N)c(N)n2)c1. The molecular formula is C20H14F3N3O. The zero-order chi connectivity index (χ0) is 19.6. The predicted octanol–water partition coefficient (Wildman–Crippen LogP) is 5.08. The maximum absolute atomic E-state index is 12.3. The number of benzene rings is 2. The zero-order valence-corrected chi connectivity index (χ0v) is 14.2. The van der Waals surface area contributed by atoms with Crippen LogP contribution >= 0.6 is 0 Å². The Hall–Kier alpha value is -3.53. The molecule has 0 atom stereocenters. The number of anilines is 1. The minimum Gasteiger partial charge on any atom is -0.406 e. The van der Waals surface area contributed by atoms with Crippen molar-refractivity contribution in [2.24, 2.45) is 0 Å². The van der Waals surface area contributed by atoms with Crippen LogP contribution in [0.2, 0.25) is 0 Å². The molecule has 136 valence electrons. The van der Waals surface area contributed by atoms with E-state index in [1.54, 1.807) is 6.07 Å². The Kier molecular flexibility index (Phi) is 4.74. The molecular weight excluding hydrogens is 355 g/mol. The minimum atomic E-state index is -4.77. The summed E-state index contributed by atoms with van der Waals surface area (Å²) in [6.07, 6.45) is -4.77. The highest BCUT2D eigenvalue weighted by Crippen LogP contribution is 2.33. The second kappa shape index (κ2) is 7.00. The molecule has 0 bridgehead atoms. The summed E-state index contributed by atoms with van der Waals surface area (Å²) in [6, 6.07) is 16.6. The number of alkyl halides is 3. The quantitative estimate of drug-likeness (QED) is 0.699. The number of nitriles is 1. The Bertz CT molecular complexity index is 1020. The van der Waals surface area contributed by atoms with Gasteiger partial charge in [0.2, 0.25) is 0 Å². The van der Waals surface area contributed by atoms with Crippen LogP contribution in [0.4, 0.5) is 19.0 Å². The Morgan fingerprint density at radius 3 is 2.33 bits per heavy atom. The van der Waals surface area contributed by atoms with E-state index in [0.717, 1.165) is 11.1 Å². The number of rotatable bonds is 3. The molecule has 1 aromatic heterocycles. The molecule has 0 saturated carbocycles. The van der Waals surface area contributed by atoms with Crippen LogP contribution in [-0.2, 0) is 0 Å². The third kappa shape index (κ3) is 4.18. The van der Waals surface area contributed by atoms with Crippen molar-refractivity contribution < 1.29 is 17.9 Å². The second-order valence-corrected chi connectivity index (χ2v) is 5.87. The van der Waals surface area contributed by atoms with Crippen molar-refractivity contribution in [2.75, 3.05) is 5.73 Å². The van der Waals surface area contributed by atoms with Crippen LogP contribution < -0.4 is 10.5 Å². The molecule has 0 unspecified atom stereocenters. The first-order valence-corrected chi connectivity index (χ1v) is 7.90. The third-order valence-electron chi connectivity index (χ3n) is 3.87. The van der Waals surface area contributed by atoms with Crippen LogP contribution in [0.15, 0.2) is 54.6 Å². The van der Waals surface area contributed by atoms with Gasteiger partial charge >= 0.3 is 6.36 Å². The molecule has 0 saturated heterocycles. The highest BCUT2D eigenvalue weighted by atomic mass is 19.4. The number of nitrogens with two attached hydrogens (primary N) is 1. The minimum absolute atomic E-state index is 0.0575. The molecule has 0 spiro atoms. The number of hydrogen-bond acceptors (Lipinski definition) is 4. The highest BCUT2D eigenvalue weighted by Gasteiger charge is 2.31. The van der Waals surface area contributed by atoms with Gasteiger partial charge in [0.25, 0.3) is 0 Å². The monoisotopic (exact) mass is 369 g/mol. The first kappa shape index (κ1) is 18.3. The number of nitrogen functional groups attached to an aromatic ring is 1. The molecule has 0 aliphatic heterocycles. The van der Waals surface area contributed by atoms with Gasteiger partial charge in [-0.25, -0.2) is 4.98 Å². The van der Waals surface area contributed by atoms with Gasteiger partial charge in [-0.05, 0) is 36.8 Å². The fourth-order valence-corrected chi connectivity index (χ4v) is 2.70. The maximum atomic E-state index is 12.3. The Labute approximate surface area is 153 Å². The smallest absolute Gasteiger partial charge is 0.406 e. The summed E-state index contributed by atoms with van der Waals surface area (Å²) in [5.41, 5.74) is 9.56. The van der Waals surface area contributed by atoms with E-state index in [1.807, 2.05) is 37.3 Å². The normalized spacial score (nSPS) is 11.1. The fraction of sp³-hybridized carbons (Fsp3) is 0.100. The summed E-state index contributed by atoms with van der Waals surface area (Å²) in [5.74, 6) is -0.284. The Morgan fingerprint density at radius 2 is 1.74 bits per heavy atom. The molecule has 0 radical (unpaired) electrons. The van der Waals surface area contributed by atoms with Crippen molar-refractivity contribution in [3.8, 4) is 34.2 Å². The average Bonchev–Trinajstić information content (AvgIpc) is 2.60. The Balaban J connectivity index is 2.08. The van der Waals surface area contributed by atoms with Gasteiger partial charge in [-0.3, -0.25) is 0 Å². The van der Waals surface area contributed by atoms with Crippen molar-refractivity contribution in [1.29, 1.82) is 5.26 Å². The van der Waals surface area contributed by atoms with Gasteiger partial charge in [0, 0.05) is 11.1 Å². The van der Waals surface area contributed by atoms with E-state index in [4.69, 9.17) is 5.73 Å². The van der Waals surface area contributed by atoms with E-state index in [2.05, 4.69) is 9.72 Å². The van der Waals surface area contributed by atoms with E-state index < -0.39 is 6.36 Å². The molecule has 2 N–H and O–H groups in total. The number of aryl methyl sites for hydroxylation is 1. The largest absolute Gasteiger partial charge is 0.573 e. The van der Waals surface area contributed by atoms with E-state index in [0.29, 0.717) is 16.8 Å². The molecule has 4 nitrogen and oxygen atoms in total. The fourth-order valence-electron chi connectivity index (χ4n) is 2.70. The predicted molar refractivity (Wildman–Crippen MR) is 95.7 cm³/mol. The number of nitrogens with zero attached hydrogens (tertiary/aromatic N) is 2. The van der Waals surface area contributed by atoms with E-state index in [9.17, 15) is 18.4 Å². The highest BCUT2D eigenvalue weighted by molar-refractivity contribution is 5.80. The molecule has 0 fully saturated rings. The summed E-state index contributed by atoms with van der Waals surface area (Å²) < 4.78 is 40.8. The average molecular weight is 369 g/mol. The lowest BCUT2D eigenvalue weighted by molar-refractivity contribution is -0.274. The van der Waals surface area contributed by atoms with Crippen LogP contribution in [0.5, 0.6) is 5.75 Å². The van der Waals surface area contributed by atoms with Crippen molar-refractivity contribution in [3.63, 3.8) is 0 Å². The van der Waals surface area contributed by atoms with Crippen LogP contribution in [0, 0.1) is 18.3 Å². The number of ether oxygens (including phenoxy) is 1. The summed E-state index contributed by atoms with van der Waals surface area (Å²) in [6.45, 7) is 1.94. The summed E-state index contributed by atoms with van der Waals surface area (Å²) in [4.78, 5) is 4.29. The van der Waals surface area contributed by atoms with Gasteiger partial charge < -0.3 is 10.5 Å². The lowest BCUT2D eigenvalue weighted by Gasteiger charge is -2.12. The molecule has 1 heterocycles. The first-order valence-electron chi connectivity index (χ1n) is 7.90. The number of halogens is 3. The summed E-state index contributed by atoms with van der Waals surface area (Å²) >= 11 is 0. The lowest BCUT2D eigenvalue weighted by Crippen LogP contribution is -2.16. The van der Waals surface area contributed by atoms with Crippen molar-refractivity contribution in [1.82, 2.24) is 4.98 Å². The van der Waals surface area contributed by atoms with Crippen molar-refractivity contribution in [3.05, 3.63) is 65.7 Å². The number of pyridine rings is 1. The van der Waals surface area contributed by atoms with Gasteiger partial charge in [-0.1, -0.05) is 35.9 Å². The lowest BCUT2D eigenvalue weighted by atomic mass is 9.98. The second-order valence-electron chi connectivity index (χ2n) is 5.87. The van der Waals surface area contributed by atoms with E-state index in [1.165, 1.54) is 24.3 Å². The summed E-state index contributed by atoms with van der Waals surface area (Å²) in [5, 5.41) is 9.43. The number of aromatic nitrogens is 1. The summed E-state index contributed by atoms with van der Waals surface area (Å²) in [7, 11) is 0. The van der Waals surface area contributed by atoms with Crippen LogP contribution in [0.1, 0.15) is 11.1 Å². The maximum Gasteiger partial charge on any atom is 0.573 e. The molecule has 3 rings (SSSR count). The molecule has 0 aliphatic carbocycles. The topological polar surface area (TPSA) is 71.9 Å². The molecule has 2 aromatic carbocycles. The van der Waals surface area contributed by atoms with E-state index in [-0.39, 0.29) is 17.1 Å². The molecule has 7 heteroatoms. The van der Waals surface area contributed by atoms with Gasteiger partial charge in [0.15, 0.2) is 0 Å². The molecule has 0 amide bonds. The van der Waals surface area contributed by atoms with Crippen LogP contribution in [0.25, 0.3) is 22.4 Å². The Morgan fingerprint density at radius 1 is 1.04 bits per heavy atom. The van der Waals surface area contributed by atoms with Crippen molar-refractivity contribution in [2.45, 2.75) is 13.3 Å². The number of hydrogen-bond donors (Lipinski definition) is 1. The standard InChI is InChI=1S/C20H14F3N3O/c1-12-3-2-4-14(9-12)18-10-16(17(11-24)19(25)26-18)13-5-7-15(8-6-13)27-20(21,22)23/h2-10H,1H3,(H2,25,26).